The largest absolute Gasteiger partial charge is 0.481 e. The molecule has 0 saturated heterocycles. The summed E-state index contributed by atoms with van der Waals surface area (Å²) in [5.41, 5.74) is -0.0479. The van der Waals surface area contributed by atoms with Crippen LogP contribution in [-0.4, -0.2) is 34.5 Å². The number of carboxylic acids is 1. The van der Waals surface area contributed by atoms with Crippen molar-refractivity contribution in [2.45, 2.75) is 58.4 Å². The molecule has 0 spiro atoms. The Hall–Kier alpha value is -1.58. The van der Waals surface area contributed by atoms with E-state index < -0.39 is 5.97 Å². The van der Waals surface area contributed by atoms with Crippen LogP contribution in [-0.2, 0) is 9.59 Å². The molecule has 0 aromatic heterocycles. The zero-order chi connectivity index (χ0) is 18.7. The Labute approximate surface area is 156 Å². The number of amides is 1. The highest BCUT2D eigenvalue weighted by atomic mass is 16.4. The molecule has 26 heavy (non-hydrogen) atoms. The van der Waals surface area contributed by atoms with Crippen LogP contribution in [0.1, 0.15) is 52.4 Å². The minimum absolute atomic E-state index is 0.00246. The highest BCUT2D eigenvalue weighted by Gasteiger charge is 2.61. The molecule has 1 heterocycles. The second kappa shape index (κ2) is 5.97. The predicted molar refractivity (Wildman–Crippen MR) is 100 cm³/mol. The Balaban J connectivity index is 1.66. The maximum Gasteiger partial charge on any atom is 0.307 e. The van der Waals surface area contributed by atoms with Gasteiger partial charge in [-0.1, -0.05) is 26.0 Å². The van der Waals surface area contributed by atoms with Crippen molar-refractivity contribution >= 4 is 11.9 Å². The summed E-state index contributed by atoms with van der Waals surface area (Å²) in [7, 11) is 0. The lowest BCUT2D eigenvalue weighted by atomic mass is 9.47. The lowest BCUT2D eigenvalue weighted by Gasteiger charge is -2.60. The molecule has 3 saturated carbocycles. The van der Waals surface area contributed by atoms with Gasteiger partial charge >= 0.3 is 5.97 Å². The van der Waals surface area contributed by atoms with Crippen LogP contribution in [0.5, 0.6) is 0 Å². The number of fused-ring (bicyclic) bond motifs is 5. The lowest BCUT2D eigenvalue weighted by molar-refractivity contribution is -0.152. The van der Waals surface area contributed by atoms with Crippen molar-refractivity contribution < 1.29 is 14.7 Å². The second-order valence-corrected chi connectivity index (χ2v) is 9.46. The van der Waals surface area contributed by atoms with Crippen LogP contribution in [0.4, 0.5) is 0 Å². The van der Waals surface area contributed by atoms with Gasteiger partial charge in [0.25, 0.3) is 0 Å². The Morgan fingerprint density at radius 1 is 1.27 bits per heavy atom. The first-order valence-electron chi connectivity index (χ1n) is 10.2. The number of rotatable bonds is 3. The quantitative estimate of drug-likeness (QED) is 0.780. The highest BCUT2D eigenvalue weighted by molar-refractivity contribution is 5.89. The van der Waals surface area contributed by atoms with Crippen molar-refractivity contribution in [2.75, 3.05) is 6.54 Å². The second-order valence-electron chi connectivity index (χ2n) is 9.46. The summed E-state index contributed by atoms with van der Waals surface area (Å²) in [5, 5.41) is 9.71. The standard InChI is InChI=1S/C22H31NO3/c1-4-13-23-18-8-5-14-15-6-7-17(20(25)26)21(15,2)11-9-16(14)22(18,3)12-10-19(23)24/h4,10,12,14-18H,1,5-9,11,13H2,2-3H3,(H,25,26)/t14-,15-,16+,17?,18?,21-,22+/m0/s1. The summed E-state index contributed by atoms with van der Waals surface area (Å²) in [6.07, 6.45) is 11.9. The van der Waals surface area contributed by atoms with E-state index in [1.54, 1.807) is 6.08 Å². The molecule has 1 aliphatic heterocycles. The van der Waals surface area contributed by atoms with Gasteiger partial charge < -0.3 is 10.0 Å². The van der Waals surface area contributed by atoms with Crippen LogP contribution in [0.3, 0.4) is 0 Å². The van der Waals surface area contributed by atoms with Gasteiger partial charge in [0.05, 0.1) is 5.92 Å². The smallest absolute Gasteiger partial charge is 0.307 e. The van der Waals surface area contributed by atoms with Crippen LogP contribution in [0, 0.1) is 34.5 Å². The van der Waals surface area contributed by atoms with Gasteiger partial charge in [0, 0.05) is 18.0 Å². The molecule has 4 rings (SSSR count). The summed E-state index contributed by atoms with van der Waals surface area (Å²) in [4.78, 5) is 26.2. The Morgan fingerprint density at radius 2 is 2.04 bits per heavy atom. The lowest BCUT2D eigenvalue weighted by Crippen LogP contribution is -2.60. The zero-order valence-corrected chi connectivity index (χ0v) is 16.0. The number of aliphatic carboxylic acids is 1. The maximum absolute atomic E-state index is 12.4. The first-order chi connectivity index (χ1) is 12.3. The van der Waals surface area contributed by atoms with Crippen molar-refractivity contribution in [1.82, 2.24) is 4.90 Å². The van der Waals surface area contributed by atoms with Crippen LogP contribution in [0.25, 0.3) is 0 Å². The van der Waals surface area contributed by atoms with E-state index in [0.29, 0.717) is 24.3 Å². The molecular formula is C22H31NO3. The van der Waals surface area contributed by atoms with E-state index in [4.69, 9.17) is 0 Å². The Morgan fingerprint density at radius 3 is 2.73 bits per heavy atom. The van der Waals surface area contributed by atoms with Crippen LogP contribution >= 0.6 is 0 Å². The monoisotopic (exact) mass is 357 g/mol. The average molecular weight is 357 g/mol. The van der Waals surface area contributed by atoms with Gasteiger partial charge in [-0.15, -0.1) is 6.58 Å². The zero-order valence-electron chi connectivity index (χ0n) is 16.0. The molecule has 4 nitrogen and oxygen atoms in total. The average Bonchev–Trinajstić information content (AvgIpc) is 2.95. The highest BCUT2D eigenvalue weighted by Crippen LogP contribution is 2.65. The predicted octanol–water partition coefficient (Wildman–Crippen LogP) is 3.88. The van der Waals surface area contributed by atoms with E-state index in [2.05, 4.69) is 26.5 Å². The fourth-order valence-corrected chi connectivity index (χ4v) is 7.36. The van der Waals surface area contributed by atoms with Crippen molar-refractivity contribution in [2.24, 2.45) is 34.5 Å². The number of carbonyl (C=O) groups is 2. The van der Waals surface area contributed by atoms with Gasteiger partial charge in [0.1, 0.15) is 0 Å². The fraction of sp³-hybridized carbons (Fsp3) is 0.727. The number of hydrogen-bond donors (Lipinski definition) is 1. The Kier molecular flexibility index (Phi) is 4.09. The topological polar surface area (TPSA) is 57.6 Å². The molecule has 7 atom stereocenters. The summed E-state index contributed by atoms with van der Waals surface area (Å²) in [6, 6.07) is 0.250. The van der Waals surface area contributed by atoms with Crippen LogP contribution in [0.2, 0.25) is 0 Å². The first kappa shape index (κ1) is 17.8. The van der Waals surface area contributed by atoms with Gasteiger partial charge in [-0.05, 0) is 67.8 Å². The molecule has 0 aromatic rings. The summed E-state index contributed by atoms with van der Waals surface area (Å²) in [5.74, 6) is 0.969. The van der Waals surface area contributed by atoms with E-state index in [0.717, 1.165) is 38.5 Å². The van der Waals surface area contributed by atoms with Crippen molar-refractivity contribution in [3.05, 3.63) is 24.8 Å². The number of carboxylic acid groups (broad SMARTS) is 1. The van der Waals surface area contributed by atoms with Crippen LogP contribution in [0.15, 0.2) is 24.8 Å². The molecule has 1 N–H and O–H groups in total. The Bertz CT molecular complexity index is 670. The molecule has 3 fully saturated rings. The van der Waals surface area contributed by atoms with Gasteiger partial charge in [0.2, 0.25) is 5.91 Å². The van der Waals surface area contributed by atoms with E-state index in [1.807, 2.05) is 11.0 Å². The minimum Gasteiger partial charge on any atom is -0.481 e. The molecule has 4 aliphatic rings. The molecule has 142 valence electrons. The van der Waals surface area contributed by atoms with Gasteiger partial charge in [0.15, 0.2) is 0 Å². The fourth-order valence-electron chi connectivity index (χ4n) is 7.36. The third kappa shape index (κ3) is 2.26. The molecule has 0 aromatic carbocycles. The minimum atomic E-state index is -0.603. The third-order valence-corrected chi connectivity index (χ3v) is 8.60. The SMILES string of the molecule is C=CCN1C(=O)C=C[C@@]2(C)C1CC[C@@H]1[C@H]2CC[C@]2(C)C(C(=O)O)CC[C@@H]12. The number of nitrogens with zero attached hydrogens (tertiary/aromatic N) is 1. The van der Waals surface area contributed by atoms with Gasteiger partial charge in [-0.3, -0.25) is 9.59 Å². The molecule has 1 amide bonds. The van der Waals surface area contributed by atoms with E-state index in [-0.39, 0.29) is 28.7 Å². The molecular weight excluding hydrogens is 326 g/mol. The molecule has 3 aliphatic carbocycles. The van der Waals surface area contributed by atoms with Gasteiger partial charge in [-0.2, -0.15) is 0 Å². The molecule has 4 heteroatoms. The third-order valence-electron chi connectivity index (χ3n) is 8.60. The van der Waals surface area contributed by atoms with Crippen molar-refractivity contribution in [3.8, 4) is 0 Å². The van der Waals surface area contributed by atoms with Crippen molar-refractivity contribution in [1.29, 1.82) is 0 Å². The van der Waals surface area contributed by atoms with Gasteiger partial charge in [-0.25, -0.2) is 0 Å². The molecule has 2 unspecified atom stereocenters. The summed E-state index contributed by atoms with van der Waals surface area (Å²) >= 11 is 0. The van der Waals surface area contributed by atoms with E-state index in [1.165, 1.54) is 0 Å². The normalized spacial score (nSPS) is 47.1. The number of hydrogen-bond acceptors (Lipinski definition) is 2. The number of carbonyl (C=O) groups excluding carboxylic acids is 1. The van der Waals surface area contributed by atoms with Crippen LogP contribution < -0.4 is 0 Å². The van der Waals surface area contributed by atoms with E-state index in [9.17, 15) is 14.7 Å². The maximum atomic E-state index is 12.4. The van der Waals surface area contributed by atoms with E-state index >= 15 is 0 Å². The summed E-state index contributed by atoms with van der Waals surface area (Å²) < 4.78 is 0. The van der Waals surface area contributed by atoms with Crippen molar-refractivity contribution in [3.63, 3.8) is 0 Å². The molecule has 0 radical (unpaired) electrons. The molecule has 0 bridgehead atoms. The summed E-state index contributed by atoms with van der Waals surface area (Å²) in [6.45, 7) is 9.02. The first-order valence-corrected chi connectivity index (χ1v) is 10.2.